The number of aryl methyl sites for hydroxylation is 1. The van der Waals surface area contributed by atoms with Gasteiger partial charge in [0.1, 0.15) is 5.75 Å². The number of hydrogen-bond donors (Lipinski definition) is 3. The van der Waals surface area contributed by atoms with E-state index in [9.17, 15) is 8.42 Å². The van der Waals surface area contributed by atoms with E-state index in [0.717, 1.165) is 28.9 Å². The van der Waals surface area contributed by atoms with Crippen LogP contribution in [0.1, 0.15) is 30.0 Å². The minimum Gasteiger partial charge on any atom is -0.493 e. The predicted molar refractivity (Wildman–Crippen MR) is 112 cm³/mol. The molecule has 2 rings (SSSR count). The Kier molecular flexibility index (Phi) is 7.83. The van der Waals surface area contributed by atoms with Crippen LogP contribution in [0, 0.1) is 6.92 Å². The van der Waals surface area contributed by atoms with Crippen molar-refractivity contribution in [3.8, 4) is 5.75 Å². The zero-order valence-electron chi connectivity index (χ0n) is 16.5. The Balaban J connectivity index is 1.99. The first-order valence-corrected chi connectivity index (χ1v) is 10.7. The Labute approximate surface area is 167 Å². The first-order chi connectivity index (χ1) is 13.3. The van der Waals surface area contributed by atoms with Gasteiger partial charge in [-0.2, -0.15) is 0 Å². The second kappa shape index (κ2) is 10.1. The number of hydrogen-bond acceptors (Lipinski definition) is 4. The topological polar surface area (TPSA) is 106 Å². The Morgan fingerprint density at radius 1 is 1.14 bits per heavy atom. The number of nitrogens with zero attached hydrogens (tertiary/aromatic N) is 1. The number of benzene rings is 2. The molecule has 7 nitrogen and oxygen atoms in total. The lowest BCUT2D eigenvalue weighted by Gasteiger charge is -2.15. The van der Waals surface area contributed by atoms with E-state index in [1.807, 2.05) is 31.2 Å². The number of nitrogens with one attached hydrogen (secondary N) is 2. The maximum Gasteiger partial charge on any atom is 0.238 e. The third-order valence-electron chi connectivity index (χ3n) is 4.04. The predicted octanol–water partition coefficient (Wildman–Crippen LogP) is 2.30. The summed E-state index contributed by atoms with van der Waals surface area (Å²) in [6.45, 7) is 5.74. The van der Waals surface area contributed by atoms with Gasteiger partial charge >= 0.3 is 0 Å². The smallest absolute Gasteiger partial charge is 0.238 e. The fraction of sp³-hybridized carbons (Fsp3) is 0.350. The largest absolute Gasteiger partial charge is 0.493 e. The molecular weight excluding hydrogens is 376 g/mol. The van der Waals surface area contributed by atoms with Gasteiger partial charge in [0.2, 0.25) is 10.0 Å². The average molecular weight is 405 g/mol. The second-order valence-electron chi connectivity index (χ2n) is 6.43. The summed E-state index contributed by atoms with van der Waals surface area (Å²) in [5.41, 5.74) is 2.97. The van der Waals surface area contributed by atoms with Crippen molar-refractivity contribution < 1.29 is 13.2 Å². The molecule has 28 heavy (non-hydrogen) atoms. The molecule has 0 heterocycles. The van der Waals surface area contributed by atoms with E-state index in [2.05, 4.69) is 22.5 Å². The highest BCUT2D eigenvalue weighted by molar-refractivity contribution is 7.89. The van der Waals surface area contributed by atoms with Crippen LogP contribution in [0.3, 0.4) is 0 Å². The molecule has 0 saturated carbocycles. The van der Waals surface area contributed by atoms with Gasteiger partial charge in [0, 0.05) is 25.7 Å². The number of rotatable bonds is 8. The van der Waals surface area contributed by atoms with E-state index in [-0.39, 0.29) is 4.90 Å². The Hall–Kier alpha value is -2.58. The minimum absolute atomic E-state index is 0.0899. The van der Waals surface area contributed by atoms with Crippen LogP contribution in [0.2, 0.25) is 0 Å². The lowest BCUT2D eigenvalue weighted by molar-refractivity contribution is 0.313. The number of guanidine groups is 1. The summed E-state index contributed by atoms with van der Waals surface area (Å²) in [6, 6.07) is 12.6. The van der Waals surface area contributed by atoms with Crippen molar-refractivity contribution in [1.29, 1.82) is 0 Å². The third kappa shape index (κ3) is 6.54. The van der Waals surface area contributed by atoms with Crippen molar-refractivity contribution in [3.63, 3.8) is 0 Å². The summed E-state index contributed by atoms with van der Waals surface area (Å²) in [5, 5.41) is 11.6. The second-order valence-corrected chi connectivity index (χ2v) is 7.99. The third-order valence-corrected chi connectivity index (χ3v) is 4.95. The normalized spacial score (nSPS) is 11.9. The van der Waals surface area contributed by atoms with Gasteiger partial charge in [0.15, 0.2) is 5.96 Å². The van der Waals surface area contributed by atoms with E-state index in [1.165, 1.54) is 6.07 Å². The maximum atomic E-state index is 11.5. The number of aliphatic imine (C=N–C) groups is 1. The molecule has 0 unspecified atom stereocenters. The van der Waals surface area contributed by atoms with E-state index >= 15 is 0 Å². The Bertz CT molecular complexity index is 927. The Morgan fingerprint density at radius 3 is 2.57 bits per heavy atom. The van der Waals surface area contributed by atoms with Crippen LogP contribution in [-0.4, -0.2) is 28.0 Å². The van der Waals surface area contributed by atoms with E-state index < -0.39 is 10.0 Å². The monoisotopic (exact) mass is 404 g/mol. The average Bonchev–Trinajstić information content (AvgIpc) is 2.67. The molecule has 0 spiro atoms. The lowest BCUT2D eigenvalue weighted by atomic mass is 10.1. The summed E-state index contributed by atoms with van der Waals surface area (Å²) in [4.78, 5) is 4.30. The van der Waals surface area contributed by atoms with Gasteiger partial charge in [-0.1, -0.05) is 31.2 Å². The van der Waals surface area contributed by atoms with Gasteiger partial charge in [-0.3, -0.25) is 4.99 Å². The van der Waals surface area contributed by atoms with Crippen LogP contribution in [0.15, 0.2) is 52.4 Å². The summed E-state index contributed by atoms with van der Waals surface area (Å²) in [7, 11) is -2.04. The highest BCUT2D eigenvalue weighted by Gasteiger charge is 2.09. The van der Waals surface area contributed by atoms with Crippen molar-refractivity contribution in [2.75, 3.05) is 13.7 Å². The molecule has 0 aliphatic rings. The van der Waals surface area contributed by atoms with Crippen LogP contribution < -0.4 is 20.5 Å². The lowest BCUT2D eigenvalue weighted by Crippen LogP contribution is -2.36. The van der Waals surface area contributed by atoms with Crippen LogP contribution in [0.4, 0.5) is 0 Å². The van der Waals surface area contributed by atoms with Gasteiger partial charge < -0.3 is 15.4 Å². The molecule has 2 aromatic carbocycles. The Morgan fingerprint density at radius 2 is 1.89 bits per heavy atom. The maximum absolute atomic E-state index is 11.5. The van der Waals surface area contributed by atoms with Gasteiger partial charge in [-0.15, -0.1) is 0 Å². The molecule has 0 aliphatic carbocycles. The SMILES string of the molecule is CCCOc1cc(C)ccc1CNC(=NC)NCc1cccc(S(N)(=O)=O)c1. The molecule has 0 amide bonds. The first-order valence-electron chi connectivity index (χ1n) is 9.12. The zero-order chi connectivity index (χ0) is 20.6. The van der Waals surface area contributed by atoms with Crippen molar-refractivity contribution in [1.82, 2.24) is 10.6 Å². The molecular formula is C20H28N4O3S. The van der Waals surface area contributed by atoms with Crippen LogP contribution >= 0.6 is 0 Å². The number of ether oxygens (including phenoxy) is 1. The standard InChI is InChI=1S/C20H28N4O3S/c1-4-10-27-19-11-15(2)8-9-17(19)14-24-20(22-3)23-13-16-6-5-7-18(12-16)28(21,25)26/h5-9,11-12H,4,10,13-14H2,1-3H3,(H2,21,25,26)(H2,22,23,24). The van der Waals surface area contributed by atoms with Gasteiger partial charge in [-0.05, 0) is 42.7 Å². The summed E-state index contributed by atoms with van der Waals surface area (Å²) < 4.78 is 28.8. The quantitative estimate of drug-likeness (QED) is 0.462. The summed E-state index contributed by atoms with van der Waals surface area (Å²) in [5.74, 6) is 1.47. The first kappa shape index (κ1) is 21.7. The minimum atomic E-state index is -3.72. The molecule has 0 fully saturated rings. The highest BCUT2D eigenvalue weighted by atomic mass is 32.2. The summed E-state index contributed by atoms with van der Waals surface area (Å²) in [6.07, 6.45) is 0.946. The zero-order valence-corrected chi connectivity index (χ0v) is 17.3. The van der Waals surface area contributed by atoms with Crippen molar-refractivity contribution in [3.05, 3.63) is 59.2 Å². The van der Waals surface area contributed by atoms with E-state index in [0.29, 0.717) is 25.7 Å². The fourth-order valence-electron chi connectivity index (χ4n) is 2.57. The summed E-state index contributed by atoms with van der Waals surface area (Å²) >= 11 is 0. The molecule has 4 N–H and O–H groups in total. The van der Waals surface area contributed by atoms with Crippen LogP contribution in [0.25, 0.3) is 0 Å². The van der Waals surface area contributed by atoms with Crippen LogP contribution in [-0.2, 0) is 23.1 Å². The molecule has 0 saturated heterocycles. The van der Waals surface area contributed by atoms with Gasteiger partial charge in [-0.25, -0.2) is 13.6 Å². The van der Waals surface area contributed by atoms with Crippen molar-refractivity contribution >= 4 is 16.0 Å². The fourth-order valence-corrected chi connectivity index (χ4v) is 3.16. The van der Waals surface area contributed by atoms with Crippen LogP contribution in [0.5, 0.6) is 5.75 Å². The molecule has 0 aliphatic heterocycles. The van der Waals surface area contributed by atoms with E-state index in [1.54, 1.807) is 19.2 Å². The number of sulfonamides is 1. The molecule has 2 aromatic rings. The van der Waals surface area contributed by atoms with Gasteiger partial charge in [0.05, 0.1) is 11.5 Å². The van der Waals surface area contributed by atoms with E-state index in [4.69, 9.17) is 9.88 Å². The molecule has 8 heteroatoms. The van der Waals surface area contributed by atoms with Gasteiger partial charge in [0.25, 0.3) is 0 Å². The molecule has 0 atom stereocenters. The number of nitrogens with two attached hydrogens (primary N) is 1. The molecule has 0 radical (unpaired) electrons. The van der Waals surface area contributed by atoms with Crippen molar-refractivity contribution in [2.45, 2.75) is 38.3 Å². The van der Waals surface area contributed by atoms with Crippen molar-refractivity contribution in [2.24, 2.45) is 10.1 Å². The highest BCUT2D eigenvalue weighted by Crippen LogP contribution is 2.20. The molecule has 0 aromatic heterocycles. The molecule has 0 bridgehead atoms. The molecule has 152 valence electrons. The number of primary sulfonamides is 1.